The van der Waals surface area contributed by atoms with Crippen LogP contribution in [0.2, 0.25) is 0 Å². The predicted octanol–water partition coefficient (Wildman–Crippen LogP) is 2.48. The number of thiazole rings is 1. The first kappa shape index (κ1) is 13.3. The van der Waals surface area contributed by atoms with Crippen molar-refractivity contribution in [1.29, 1.82) is 0 Å². The van der Waals surface area contributed by atoms with Crippen molar-refractivity contribution in [2.75, 3.05) is 13.6 Å². The quantitative estimate of drug-likeness (QED) is 0.835. The second-order valence-corrected chi connectivity index (χ2v) is 5.02. The first-order valence-electron chi connectivity index (χ1n) is 6.11. The second kappa shape index (κ2) is 6.68. The third-order valence-corrected chi connectivity index (χ3v) is 3.37. The monoisotopic (exact) mass is 265 g/mol. The molecule has 4 nitrogen and oxygen atoms in total. The molecule has 0 unspecified atom stereocenters. The van der Waals surface area contributed by atoms with Crippen LogP contribution in [0.1, 0.15) is 23.9 Å². The van der Waals surface area contributed by atoms with Gasteiger partial charge in [-0.25, -0.2) is 4.98 Å². The van der Waals surface area contributed by atoms with E-state index in [0.717, 1.165) is 37.6 Å². The topological polar surface area (TPSA) is 41.3 Å². The molecule has 0 spiro atoms. The molecule has 0 amide bonds. The van der Waals surface area contributed by atoms with E-state index in [0.29, 0.717) is 0 Å². The summed E-state index contributed by atoms with van der Waals surface area (Å²) in [5.74, 6) is 1.04. The minimum absolute atomic E-state index is 0.811. The Labute approximate surface area is 112 Å². The lowest BCUT2D eigenvalue weighted by Crippen LogP contribution is -2.19. The van der Waals surface area contributed by atoms with Crippen LogP contribution in [-0.2, 0) is 19.6 Å². The molecule has 0 fully saturated rings. The molecule has 2 aromatic rings. The highest BCUT2D eigenvalue weighted by molar-refractivity contribution is 7.07. The predicted molar refractivity (Wildman–Crippen MR) is 73.4 cm³/mol. The van der Waals surface area contributed by atoms with Crippen LogP contribution < -0.4 is 5.32 Å². The fraction of sp³-hybridized carbons (Fsp3) is 0.462. The van der Waals surface area contributed by atoms with Crippen molar-refractivity contribution in [3.05, 3.63) is 40.2 Å². The summed E-state index contributed by atoms with van der Waals surface area (Å²) in [6, 6.07) is 2.04. The molecule has 0 radical (unpaired) electrons. The normalized spacial score (nSPS) is 11.3. The highest BCUT2D eigenvalue weighted by Crippen LogP contribution is 2.14. The summed E-state index contributed by atoms with van der Waals surface area (Å²) in [5, 5.41) is 5.40. The average molecular weight is 265 g/mol. The zero-order chi connectivity index (χ0) is 12.8. The summed E-state index contributed by atoms with van der Waals surface area (Å²) in [5.41, 5.74) is 4.22. The van der Waals surface area contributed by atoms with Gasteiger partial charge in [-0.15, -0.1) is 11.3 Å². The Balaban J connectivity index is 1.90. The lowest BCUT2D eigenvalue weighted by Gasteiger charge is -2.14. The van der Waals surface area contributed by atoms with Crippen LogP contribution in [0.4, 0.5) is 0 Å². The summed E-state index contributed by atoms with van der Waals surface area (Å²) in [4.78, 5) is 6.50. The average Bonchev–Trinajstić information content (AvgIpc) is 2.98. The van der Waals surface area contributed by atoms with Gasteiger partial charge in [0.1, 0.15) is 5.76 Å². The Morgan fingerprint density at radius 2 is 2.33 bits per heavy atom. The van der Waals surface area contributed by atoms with E-state index in [1.54, 1.807) is 17.6 Å². The summed E-state index contributed by atoms with van der Waals surface area (Å²) in [7, 11) is 2.08. The number of furan rings is 1. The standard InChI is InChI=1S/C13H19N3OS/c1-3-14-6-11-4-5-17-13(11)8-16(2)7-12-9-18-10-15-12/h4-5,9-10,14H,3,6-8H2,1-2H3. The van der Waals surface area contributed by atoms with Crippen molar-refractivity contribution >= 4 is 11.3 Å². The number of nitrogens with zero attached hydrogens (tertiary/aromatic N) is 2. The van der Waals surface area contributed by atoms with E-state index >= 15 is 0 Å². The zero-order valence-electron chi connectivity index (χ0n) is 10.8. The summed E-state index contributed by atoms with van der Waals surface area (Å²) in [6.07, 6.45) is 1.76. The van der Waals surface area contributed by atoms with E-state index in [2.05, 4.69) is 34.6 Å². The lowest BCUT2D eigenvalue weighted by atomic mass is 10.2. The smallest absolute Gasteiger partial charge is 0.122 e. The van der Waals surface area contributed by atoms with Gasteiger partial charge in [0.2, 0.25) is 0 Å². The van der Waals surface area contributed by atoms with Crippen molar-refractivity contribution in [1.82, 2.24) is 15.2 Å². The van der Waals surface area contributed by atoms with E-state index in [9.17, 15) is 0 Å². The molecule has 5 heteroatoms. The van der Waals surface area contributed by atoms with Crippen LogP contribution in [0.5, 0.6) is 0 Å². The fourth-order valence-corrected chi connectivity index (χ4v) is 2.37. The molecule has 1 N–H and O–H groups in total. The van der Waals surface area contributed by atoms with Gasteiger partial charge in [0, 0.05) is 24.0 Å². The second-order valence-electron chi connectivity index (χ2n) is 4.30. The lowest BCUT2D eigenvalue weighted by molar-refractivity contribution is 0.283. The SMILES string of the molecule is CCNCc1ccoc1CN(C)Cc1cscn1. The molecule has 0 aromatic carbocycles. The van der Waals surface area contributed by atoms with Crippen molar-refractivity contribution < 1.29 is 4.42 Å². The van der Waals surface area contributed by atoms with Crippen LogP contribution in [-0.4, -0.2) is 23.5 Å². The van der Waals surface area contributed by atoms with Crippen LogP contribution in [0, 0.1) is 0 Å². The van der Waals surface area contributed by atoms with Crippen molar-refractivity contribution in [2.24, 2.45) is 0 Å². The van der Waals surface area contributed by atoms with Gasteiger partial charge in [0.25, 0.3) is 0 Å². The van der Waals surface area contributed by atoms with E-state index < -0.39 is 0 Å². The molecule has 18 heavy (non-hydrogen) atoms. The molecule has 0 aliphatic rings. The molecule has 98 valence electrons. The van der Waals surface area contributed by atoms with Crippen molar-refractivity contribution in [2.45, 2.75) is 26.6 Å². The van der Waals surface area contributed by atoms with E-state index in [4.69, 9.17) is 4.42 Å². The highest BCUT2D eigenvalue weighted by Gasteiger charge is 2.10. The first-order chi connectivity index (χ1) is 8.79. The first-order valence-corrected chi connectivity index (χ1v) is 7.05. The largest absolute Gasteiger partial charge is 0.468 e. The molecule has 2 heterocycles. The number of hydrogen-bond donors (Lipinski definition) is 1. The molecular formula is C13H19N3OS. The Bertz CT molecular complexity index is 453. The fourth-order valence-electron chi connectivity index (χ4n) is 1.82. The Morgan fingerprint density at radius 3 is 3.06 bits per heavy atom. The number of rotatable bonds is 7. The van der Waals surface area contributed by atoms with Gasteiger partial charge in [0.15, 0.2) is 0 Å². The van der Waals surface area contributed by atoms with Crippen LogP contribution >= 0.6 is 11.3 Å². The Kier molecular flexibility index (Phi) is 4.92. The molecule has 0 atom stereocenters. The minimum Gasteiger partial charge on any atom is -0.468 e. The Hall–Kier alpha value is -1.17. The van der Waals surface area contributed by atoms with E-state index in [1.807, 2.05) is 11.6 Å². The molecule has 0 aliphatic heterocycles. The van der Waals surface area contributed by atoms with E-state index in [-0.39, 0.29) is 0 Å². The molecule has 0 saturated carbocycles. The number of hydrogen-bond acceptors (Lipinski definition) is 5. The van der Waals surface area contributed by atoms with Gasteiger partial charge < -0.3 is 9.73 Å². The third kappa shape index (κ3) is 3.66. The minimum atomic E-state index is 0.811. The van der Waals surface area contributed by atoms with Gasteiger partial charge in [-0.2, -0.15) is 0 Å². The molecule has 0 aliphatic carbocycles. The number of aromatic nitrogens is 1. The maximum absolute atomic E-state index is 5.55. The summed E-state index contributed by atoms with van der Waals surface area (Å²) in [6.45, 7) is 5.61. The van der Waals surface area contributed by atoms with Gasteiger partial charge >= 0.3 is 0 Å². The summed E-state index contributed by atoms with van der Waals surface area (Å²) < 4.78 is 5.55. The van der Waals surface area contributed by atoms with Gasteiger partial charge in [-0.05, 0) is 19.7 Å². The highest BCUT2D eigenvalue weighted by atomic mass is 32.1. The molecule has 0 bridgehead atoms. The van der Waals surface area contributed by atoms with Gasteiger partial charge in [-0.1, -0.05) is 6.92 Å². The van der Waals surface area contributed by atoms with E-state index in [1.165, 1.54) is 5.56 Å². The maximum atomic E-state index is 5.55. The molecule has 0 saturated heterocycles. The Morgan fingerprint density at radius 1 is 1.44 bits per heavy atom. The van der Waals surface area contributed by atoms with Gasteiger partial charge in [0.05, 0.1) is 24.0 Å². The zero-order valence-corrected chi connectivity index (χ0v) is 11.7. The van der Waals surface area contributed by atoms with Gasteiger partial charge in [-0.3, -0.25) is 4.90 Å². The molecular weight excluding hydrogens is 246 g/mol. The van der Waals surface area contributed by atoms with Crippen molar-refractivity contribution in [3.63, 3.8) is 0 Å². The maximum Gasteiger partial charge on any atom is 0.122 e. The van der Waals surface area contributed by atoms with Crippen molar-refractivity contribution in [3.8, 4) is 0 Å². The summed E-state index contributed by atoms with van der Waals surface area (Å²) >= 11 is 1.63. The van der Waals surface area contributed by atoms with Crippen LogP contribution in [0.15, 0.2) is 27.6 Å². The molecule has 2 aromatic heterocycles. The number of nitrogens with one attached hydrogen (secondary N) is 1. The molecule has 2 rings (SSSR count). The van der Waals surface area contributed by atoms with Crippen LogP contribution in [0.3, 0.4) is 0 Å². The third-order valence-electron chi connectivity index (χ3n) is 2.73. The van der Waals surface area contributed by atoms with Crippen LogP contribution in [0.25, 0.3) is 0 Å².